The number of benzene rings is 2. The van der Waals surface area contributed by atoms with Crippen LogP contribution in [0.3, 0.4) is 0 Å². The van der Waals surface area contributed by atoms with E-state index in [0.29, 0.717) is 6.54 Å². The van der Waals surface area contributed by atoms with E-state index in [-0.39, 0.29) is 12.5 Å². The number of hydrogen-bond acceptors (Lipinski definition) is 4. The van der Waals surface area contributed by atoms with Gasteiger partial charge in [-0.05, 0) is 62.6 Å². The summed E-state index contributed by atoms with van der Waals surface area (Å²) >= 11 is 0. The molecule has 1 aliphatic rings. The molecule has 0 bridgehead atoms. The van der Waals surface area contributed by atoms with Crippen molar-refractivity contribution in [2.24, 2.45) is 0 Å². The van der Waals surface area contributed by atoms with Crippen LogP contribution >= 0.6 is 0 Å². The van der Waals surface area contributed by atoms with Crippen molar-refractivity contribution in [1.29, 1.82) is 0 Å². The Morgan fingerprint density at radius 3 is 2.38 bits per heavy atom. The maximum absolute atomic E-state index is 12.1. The fourth-order valence-electron chi connectivity index (χ4n) is 3.80. The summed E-state index contributed by atoms with van der Waals surface area (Å²) in [6, 6.07) is 14.7. The summed E-state index contributed by atoms with van der Waals surface area (Å²) in [4.78, 5) is 17.0. The number of hydrogen-bond donors (Lipinski definition) is 1. The van der Waals surface area contributed by atoms with Gasteiger partial charge >= 0.3 is 0 Å². The second-order valence-corrected chi connectivity index (χ2v) is 7.88. The number of para-hydroxylation sites is 1. The van der Waals surface area contributed by atoms with Crippen LogP contribution in [0.4, 0.5) is 5.69 Å². The Labute approximate surface area is 174 Å². The van der Waals surface area contributed by atoms with Gasteiger partial charge in [-0.1, -0.05) is 30.3 Å². The van der Waals surface area contributed by atoms with Gasteiger partial charge in [0.2, 0.25) is 0 Å². The molecule has 1 amide bonds. The van der Waals surface area contributed by atoms with E-state index < -0.39 is 0 Å². The molecule has 1 N–H and O–H groups in total. The van der Waals surface area contributed by atoms with Crippen LogP contribution in [0.1, 0.15) is 23.1 Å². The Balaban J connectivity index is 1.30. The van der Waals surface area contributed by atoms with Crippen molar-refractivity contribution >= 4 is 11.6 Å². The highest BCUT2D eigenvalue weighted by atomic mass is 16.5. The number of amides is 1. The number of ether oxygens (including phenoxy) is 1. The van der Waals surface area contributed by atoms with E-state index in [2.05, 4.69) is 46.3 Å². The van der Waals surface area contributed by atoms with E-state index in [1.807, 2.05) is 32.0 Å². The second kappa shape index (κ2) is 10.3. The molecule has 5 heteroatoms. The average Bonchev–Trinajstić information content (AvgIpc) is 2.71. The molecule has 0 aromatic heterocycles. The molecule has 2 aromatic carbocycles. The van der Waals surface area contributed by atoms with Gasteiger partial charge in [-0.15, -0.1) is 0 Å². The van der Waals surface area contributed by atoms with Gasteiger partial charge in [0.05, 0.1) is 0 Å². The maximum atomic E-state index is 12.1. The van der Waals surface area contributed by atoms with E-state index in [4.69, 9.17) is 4.74 Å². The molecule has 1 heterocycles. The van der Waals surface area contributed by atoms with Crippen LogP contribution in [0.2, 0.25) is 0 Å². The zero-order valence-corrected chi connectivity index (χ0v) is 17.9. The quantitative estimate of drug-likeness (QED) is 0.697. The molecule has 5 nitrogen and oxygen atoms in total. The predicted molar refractivity (Wildman–Crippen MR) is 119 cm³/mol. The highest BCUT2D eigenvalue weighted by molar-refractivity contribution is 5.77. The summed E-state index contributed by atoms with van der Waals surface area (Å²) in [5, 5.41) is 2.97. The summed E-state index contributed by atoms with van der Waals surface area (Å²) in [6.07, 6.45) is 0.958. The molecule has 29 heavy (non-hydrogen) atoms. The fourth-order valence-corrected chi connectivity index (χ4v) is 3.80. The lowest BCUT2D eigenvalue weighted by atomic mass is 10.1. The van der Waals surface area contributed by atoms with Crippen molar-refractivity contribution in [3.63, 3.8) is 0 Å². The molecular weight excluding hydrogens is 362 g/mol. The van der Waals surface area contributed by atoms with Gasteiger partial charge in [0.1, 0.15) is 5.75 Å². The topological polar surface area (TPSA) is 44.8 Å². The van der Waals surface area contributed by atoms with E-state index in [9.17, 15) is 4.79 Å². The normalized spacial score (nSPS) is 14.7. The van der Waals surface area contributed by atoms with Crippen molar-refractivity contribution in [2.75, 3.05) is 50.8 Å². The van der Waals surface area contributed by atoms with E-state index in [1.165, 1.54) is 11.3 Å². The first kappa shape index (κ1) is 21.2. The van der Waals surface area contributed by atoms with Crippen molar-refractivity contribution in [3.8, 4) is 5.75 Å². The lowest BCUT2D eigenvalue weighted by Gasteiger charge is -2.36. The Morgan fingerprint density at radius 2 is 1.69 bits per heavy atom. The first-order valence-corrected chi connectivity index (χ1v) is 10.5. The summed E-state index contributed by atoms with van der Waals surface area (Å²) < 4.78 is 5.71. The van der Waals surface area contributed by atoms with Crippen molar-refractivity contribution in [1.82, 2.24) is 10.2 Å². The van der Waals surface area contributed by atoms with Gasteiger partial charge in [-0.2, -0.15) is 0 Å². The van der Waals surface area contributed by atoms with Gasteiger partial charge < -0.3 is 15.0 Å². The molecule has 0 spiro atoms. The molecule has 0 radical (unpaired) electrons. The number of carbonyl (C=O) groups excluding carboxylic acids is 1. The van der Waals surface area contributed by atoms with Gasteiger partial charge in [0, 0.05) is 38.4 Å². The molecular formula is C24H33N3O2. The first-order chi connectivity index (χ1) is 14.0. The van der Waals surface area contributed by atoms with Crippen LogP contribution in [0, 0.1) is 20.8 Å². The highest BCUT2D eigenvalue weighted by Crippen LogP contribution is 2.22. The molecule has 1 aliphatic heterocycles. The van der Waals surface area contributed by atoms with E-state index in [0.717, 1.165) is 56.0 Å². The lowest BCUT2D eigenvalue weighted by Crippen LogP contribution is -2.47. The Bertz CT molecular complexity index is 793. The van der Waals surface area contributed by atoms with Gasteiger partial charge in [-0.25, -0.2) is 0 Å². The molecule has 0 atom stereocenters. The highest BCUT2D eigenvalue weighted by Gasteiger charge is 2.17. The van der Waals surface area contributed by atoms with Crippen LogP contribution in [-0.2, 0) is 4.79 Å². The molecule has 0 aliphatic carbocycles. The molecule has 0 saturated carbocycles. The second-order valence-electron chi connectivity index (χ2n) is 7.88. The number of carbonyl (C=O) groups is 1. The smallest absolute Gasteiger partial charge is 0.257 e. The number of aryl methyl sites for hydroxylation is 3. The fraction of sp³-hybridized carbons (Fsp3) is 0.458. The van der Waals surface area contributed by atoms with Crippen LogP contribution in [-0.4, -0.2) is 56.7 Å². The van der Waals surface area contributed by atoms with Gasteiger partial charge in [0.25, 0.3) is 5.91 Å². The number of anilines is 1. The maximum Gasteiger partial charge on any atom is 0.257 e. The standard InChI is InChI=1S/C24H33N3O2/c1-19-7-4-10-22(17-19)27-15-13-26(14-16-27)12-6-11-25-23(28)18-29-24-20(2)8-5-9-21(24)3/h4-5,7-10,17H,6,11-16,18H2,1-3H3,(H,25,28). The zero-order chi connectivity index (χ0) is 20.6. The third kappa shape index (κ3) is 6.23. The number of nitrogens with one attached hydrogen (secondary N) is 1. The SMILES string of the molecule is Cc1cccc(N2CCN(CCCNC(=O)COc3c(C)cccc3C)CC2)c1. The summed E-state index contributed by atoms with van der Waals surface area (Å²) in [5.41, 5.74) is 4.74. The minimum Gasteiger partial charge on any atom is -0.483 e. The molecule has 2 aromatic rings. The molecule has 1 fully saturated rings. The molecule has 0 unspecified atom stereocenters. The minimum absolute atomic E-state index is 0.0584. The van der Waals surface area contributed by atoms with Crippen LogP contribution in [0.15, 0.2) is 42.5 Å². The van der Waals surface area contributed by atoms with Crippen molar-refractivity contribution < 1.29 is 9.53 Å². The van der Waals surface area contributed by atoms with Crippen LogP contribution < -0.4 is 15.0 Å². The Morgan fingerprint density at radius 1 is 1.00 bits per heavy atom. The van der Waals surface area contributed by atoms with Crippen LogP contribution in [0.25, 0.3) is 0 Å². The average molecular weight is 396 g/mol. The summed E-state index contributed by atoms with van der Waals surface area (Å²) in [6.45, 7) is 12.2. The summed E-state index contributed by atoms with van der Waals surface area (Å²) in [7, 11) is 0. The molecule has 3 rings (SSSR count). The Hall–Kier alpha value is -2.53. The van der Waals surface area contributed by atoms with Crippen LogP contribution in [0.5, 0.6) is 5.75 Å². The number of nitrogens with zero attached hydrogens (tertiary/aromatic N) is 2. The zero-order valence-electron chi connectivity index (χ0n) is 17.9. The predicted octanol–water partition coefficient (Wildman–Crippen LogP) is 3.32. The van der Waals surface area contributed by atoms with Gasteiger partial charge in [0.15, 0.2) is 6.61 Å². The van der Waals surface area contributed by atoms with Crippen molar-refractivity contribution in [3.05, 3.63) is 59.2 Å². The van der Waals surface area contributed by atoms with E-state index in [1.54, 1.807) is 0 Å². The summed E-state index contributed by atoms with van der Waals surface area (Å²) in [5.74, 6) is 0.756. The monoisotopic (exact) mass is 395 g/mol. The first-order valence-electron chi connectivity index (χ1n) is 10.5. The molecule has 1 saturated heterocycles. The largest absolute Gasteiger partial charge is 0.483 e. The van der Waals surface area contributed by atoms with E-state index >= 15 is 0 Å². The van der Waals surface area contributed by atoms with Crippen molar-refractivity contribution in [2.45, 2.75) is 27.2 Å². The number of rotatable bonds is 8. The third-order valence-corrected chi connectivity index (χ3v) is 5.47. The van der Waals surface area contributed by atoms with Gasteiger partial charge in [-0.3, -0.25) is 9.69 Å². The minimum atomic E-state index is -0.0584. The third-order valence-electron chi connectivity index (χ3n) is 5.47. The Kier molecular flexibility index (Phi) is 7.53. The lowest BCUT2D eigenvalue weighted by molar-refractivity contribution is -0.123. The molecule has 156 valence electrons. The number of piperazine rings is 1.